The molecule has 2 aromatic heterocycles. The van der Waals surface area contributed by atoms with Crippen LogP contribution in [0.25, 0.3) is 16.0 Å². The number of nitrogens with zero attached hydrogens (tertiary/aromatic N) is 3. The van der Waals surface area contributed by atoms with Gasteiger partial charge in [-0.15, -0.1) is 24.8 Å². The first-order chi connectivity index (χ1) is 11.5. The molecule has 5 nitrogen and oxygen atoms in total. The predicted molar refractivity (Wildman–Crippen MR) is 113 cm³/mol. The lowest BCUT2D eigenvalue weighted by atomic mass is 9.85. The van der Waals surface area contributed by atoms with Gasteiger partial charge in [-0.05, 0) is 37.0 Å². The minimum atomic E-state index is 0. The normalized spacial score (nSPS) is 19.8. The monoisotopic (exact) mass is 414 g/mol. The molecule has 8 heteroatoms. The Balaban J connectivity index is 0.00000121. The lowest BCUT2D eigenvalue weighted by molar-refractivity contribution is 0.0633. The van der Waals surface area contributed by atoms with Crippen molar-refractivity contribution in [3.05, 3.63) is 29.3 Å². The average Bonchev–Trinajstić information content (AvgIpc) is 3.12. The summed E-state index contributed by atoms with van der Waals surface area (Å²) in [5.41, 5.74) is 8.45. The highest BCUT2D eigenvalue weighted by atomic mass is 35.5. The number of imidazole rings is 1. The molecule has 0 saturated heterocycles. The lowest BCUT2D eigenvalue weighted by Gasteiger charge is -2.36. The van der Waals surface area contributed by atoms with E-state index in [1.807, 2.05) is 40.7 Å². The van der Waals surface area contributed by atoms with Crippen LogP contribution in [0.2, 0.25) is 0 Å². The van der Waals surface area contributed by atoms with E-state index in [1.165, 1.54) is 30.6 Å². The molecule has 0 aliphatic heterocycles. The molecule has 1 aliphatic carbocycles. The molecule has 0 bridgehead atoms. The van der Waals surface area contributed by atoms with Gasteiger partial charge in [0.15, 0.2) is 4.96 Å². The van der Waals surface area contributed by atoms with Crippen LogP contribution in [-0.4, -0.2) is 33.3 Å². The van der Waals surface area contributed by atoms with Gasteiger partial charge >= 0.3 is 0 Å². The minimum absolute atomic E-state index is 0. The van der Waals surface area contributed by atoms with Crippen molar-refractivity contribution in [1.29, 1.82) is 0 Å². The summed E-state index contributed by atoms with van der Waals surface area (Å²) < 4.78 is 1.97. The topological polar surface area (TPSA) is 63.6 Å². The van der Waals surface area contributed by atoms with Crippen molar-refractivity contribution in [2.24, 2.45) is 5.92 Å². The molecule has 142 valence electrons. The number of hydrogen-bond donors (Lipinski definition) is 1. The molecule has 26 heavy (non-hydrogen) atoms. The second-order valence-corrected chi connectivity index (χ2v) is 7.86. The summed E-state index contributed by atoms with van der Waals surface area (Å²) in [6.45, 7) is 2.26. The summed E-state index contributed by atoms with van der Waals surface area (Å²) in [5, 5.41) is 0. The number of carbonyl (C=O) groups excluding carboxylic acids is 1. The number of anilines is 1. The van der Waals surface area contributed by atoms with Crippen LogP contribution in [0.15, 0.2) is 24.4 Å². The molecule has 1 saturated carbocycles. The highest BCUT2D eigenvalue weighted by Crippen LogP contribution is 2.30. The molecule has 2 atom stereocenters. The van der Waals surface area contributed by atoms with E-state index in [2.05, 4.69) is 11.9 Å². The first-order valence-electron chi connectivity index (χ1n) is 8.49. The number of halogens is 2. The van der Waals surface area contributed by atoms with Crippen LogP contribution < -0.4 is 5.73 Å². The van der Waals surface area contributed by atoms with Gasteiger partial charge in [0.1, 0.15) is 4.88 Å². The van der Waals surface area contributed by atoms with Crippen molar-refractivity contribution in [2.75, 3.05) is 12.8 Å². The fraction of sp³-hybridized carbons (Fsp3) is 0.444. The number of benzene rings is 1. The van der Waals surface area contributed by atoms with Crippen molar-refractivity contribution in [3.63, 3.8) is 0 Å². The maximum Gasteiger partial charge on any atom is 0.265 e. The number of fused-ring (bicyclic) bond motifs is 3. The second-order valence-electron chi connectivity index (χ2n) is 6.85. The summed E-state index contributed by atoms with van der Waals surface area (Å²) in [4.78, 5) is 21.0. The molecule has 2 heterocycles. The van der Waals surface area contributed by atoms with E-state index in [1.54, 1.807) is 0 Å². The maximum absolute atomic E-state index is 12.9. The molecule has 2 unspecified atom stereocenters. The third-order valence-electron chi connectivity index (χ3n) is 5.22. The van der Waals surface area contributed by atoms with E-state index in [-0.39, 0.29) is 30.7 Å². The molecular weight excluding hydrogens is 391 g/mol. The Morgan fingerprint density at radius 2 is 2.04 bits per heavy atom. The summed E-state index contributed by atoms with van der Waals surface area (Å²) in [5.74, 6) is 0.665. The lowest BCUT2D eigenvalue weighted by Crippen LogP contribution is -2.42. The SMILES string of the molecule is CC1CCCCC1N(C)C(=O)c1cn2c(nc3ccc(N)cc32)s1.Cl.Cl. The maximum atomic E-state index is 12.9. The van der Waals surface area contributed by atoms with Crippen LogP contribution in [0.1, 0.15) is 42.3 Å². The summed E-state index contributed by atoms with van der Waals surface area (Å²) in [6, 6.07) is 6.02. The highest BCUT2D eigenvalue weighted by Gasteiger charge is 2.29. The number of thiazole rings is 1. The van der Waals surface area contributed by atoms with Gasteiger partial charge in [0.25, 0.3) is 5.91 Å². The van der Waals surface area contributed by atoms with E-state index >= 15 is 0 Å². The van der Waals surface area contributed by atoms with Gasteiger partial charge in [-0.1, -0.05) is 31.1 Å². The van der Waals surface area contributed by atoms with Crippen LogP contribution in [-0.2, 0) is 0 Å². The number of aromatic nitrogens is 2. The molecule has 1 aromatic carbocycles. The Morgan fingerprint density at radius 1 is 1.31 bits per heavy atom. The molecule has 4 rings (SSSR count). The van der Waals surface area contributed by atoms with Crippen molar-refractivity contribution in [1.82, 2.24) is 14.3 Å². The molecule has 1 aliphatic rings. The van der Waals surface area contributed by atoms with Crippen LogP contribution in [0.5, 0.6) is 0 Å². The number of nitrogens with two attached hydrogens (primary N) is 1. The zero-order valence-corrected chi connectivity index (χ0v) is 17.3. The summed E-state index contributed by atoms with van der Waals surface area (Å²) in [7, 11) is 1.94. The van der Waals surface area contributed by atoms with Crippen LogP contribution in [0.3, 0.4) is 0 Å². The number of carbonyl (C=O) groups is 1. The van der Waals surface area contributed by atoms with Crippen LogP contribution >= 0.6 is 36.2 Å². The molecule has 0 radical (unpaired) electrons. The zero-order chi connectivity index (χ0) is 16.8. The molecule has 3 aromatic rings. The molecule has 0 spiro atoms. The van der Waals surface area contributed by atoms with Crippen molar-refractivity contribution < 1.29 is 4.79 Å². The average molecular weight is 415 g/mol. The van der Waals surface area contributed by atoms with Crippen LogP contribution in [0.4, 0.5) is 5.69 Å². The van der Waals surface area contributed by atoms with Crippen molar-refractivity contribution >= 4 is 63.7 Å². The van der Waals surface area contributed by atoms with Crippen LogP contribution in [0, 0.1) is 5.92 Å². The Morgan fingerprint density at radius 3 is 2.77 bits per heavy atom. The third-order valence-corrected chi connectivity index (χ3v) is 6.19. The minimum Gasteiger partial charge on any atom is -0.399 e. The van der Waals surface area contributed by atoms with Gasteiger partial charge in [0, 0.05) is 25.0 Å². The Labute approximate surface area is 169 Å². The molecule has 2 N–H and O–H groups in total. The van der Waals surface area contributed by atoms with E-state index < -0.39 is 0 Å². The highest BCUT2D eigenvalue weighted by molar-refractivity contribution is 7.18. The van der Waals surface area contributed by atoms with Crippen molar-refractivity contribution in [2.45, 2.75) is 38.6 Å². The predicted octanol–water partition coefficient (Wildman–Crippen LogP) is 4.63. The number of hydrogen-bond acceptors (Lipinski definition) is 4. The van der Waals surface area contributed by atoms with E-state index in [0.29, 0.717) is 17.6 Å². The summed E-state index contributed by atoms with van der Waals surface area (Å²) >= 11 is 1.45. The molecular formula is C18H24Cl2N4OS. The first-order valence-corrected chi connectivity index (χ1v) is 9.30. The number of rotatable bonds is 2. The zero-order valence-electron chi connectivity index (χ0n) is 14.8. The Bertz CT molecular complexity index is 923. The van der Waals surface area contributed by atoms with Gasteiger partial charge in [-0.2, -0.15) is 0 Å². The Hall–Kier alpha value is -1.50. The quantitative estimate of drug-likeness (QED) is 0.621. The summed E-state index contributed by atoms with van der Waals surface area (Å²) in [6.07, 6.45) is 6.71. The number of nitrogen functional groups attached to an aromatic ring is 1. The fourth-order valence-electron chi connectivity index (χ4n) is 3.82. The van der Waals surface area contributed by atoms with E-state index in [0.717, 1.165) is 27.3 Å². The fourth-order valence-corrected chi connectivity index (χ4v) is 4.80. The Kier molecular flexibility index (Phi) is 6.42. The second kappa shape index (κ2) is 8.03. The molecule has 1 fully saturated rings. The van der Waals surface area contributed by atoms with Crippen molar-refractivity contribution in [3.8, 4) is 0 Å². The third kappa shape index (κ3) is 3.50. The number of amides is 1. The van der Waals surface area contributed by atoms with Gasteiger partial charge in [-0.25, -0.2) is 4.98 Å². The van der Waals surface area contributed by atoms with Gasteiger partial charge in [0.2, 0.25) is 0 Å². The first kappa shape index (κ1) is 20.8. The largest absolute Gasteiger partial charge is 0.399 e. The standard InChI is InChI=1S/C18H22N4OS.2ClH/c1-11-5-3-4-6-14(11)21(2)17(23)16-10-22-15-9-12(19)7-8-13(15)20-18(22)24-16;;/h7-11,14H,3-6,19H2,1-2H3;2*1H. The molecule has 1 amide bonds. The smallest absolute Gasteiger partial charge is 0.265 e. The van der Waals surface area contributed by atoms with Gasteiger partial charge < -0.3 is 10.6 Å². The van der Waals surface area contributed by atoms with Gasteiger partial charge in [0.05, 0.1) is 11.0 Å². The van der Waals surface area contributed by atoms with E-state index in [4.69, 9.17) is 5.73 Å². The van der Waals surface area contributed by atoms with E-state index in [9.17, 15) is 4.79 Å². The van der Waals surface area contributed by atoms with Gasteiger partial charge in [-0.3, -0.25) is 9.20 Å².